The molecule has 1 aromatic rings. The monoisotopic (exact) mass is 239 g/mol. The lowest BCUT2D eigenvalue weighted by molar-refractivity contribution is 0.598. The molecule has 1 aromatic carbocycles. The molecule has 86 valence electrons. The molecule has 0 fully saturated rings. The van der Waals surface area contributed by atoms with Crippen LogP contribution in [-0.4, -0.2) is 14.6 Å². The second-order valence-electron chi connectivity index (χ2n) is 2.94. The number of primary sulfonamides is 1. The fourth-order valence-electron chi connectivity index (χ4n) is 1.13. The summed E-state index contributed by atoms with van der Waals surface area (Å²) in [6.07, 6.45) is 3.13. The predicted octanol–water partition coefficient (Wildman–Crippen LogP) is 1.29. The van der Waals surface area contributed by atoms with E-state index < -0.39 is 10.0 Å². The third kappa shape index (κ3) is 2.91. The molecule has 0 aliphatic heterocycles. The Kier molecular flexibility index (Phi) is 3.81. The molecule has 0 radical (unpaired) electrons. The number of hydrazone groups is 1. The van der Waals surface area contributed by atoms with Crippen LogP contribution < -0.4 is 10.1 Å². The number of benzene rings is 1. The standard InChI is InChI=1S/C10H13N3O2S/c1-3-12-13(4-2)9-5-7-10(8-6-9)16(11,14)15/h3-8H,2H2,1H3,(H2,11,14,15)/b12-3-. The summed E-state index contributed by atoms with van der Waals surface area (Å²) in [5.74, 6) is 0. The van der Waals surface area contributed by atoms with Crippen LogP contribution in [0.25, 0.3) is 0 Å². The van der Waals surface area contributed by atoms with Crippen molar-refractivity contribution >= 4 is 21.9 Å². The van der Waals surface area contributed by atoms with Gasteiger partial charge in [0.05, 0.1) is 10.6 Å². The van der Waals surface area contributed by atoms with Crippen LogP contribution in [0.3, 0.4) is 0 Å². The van der Waals surface area contributed by atoms with Crippen LogP contribution in [0, 0.1) is 0 Å². The fraction of sp³-hybridized carbons (Fsp3) is 0.100. The van der Waals surface area contributed by atoms with Gasteiger partial charge in [-0.3, -0.25) is 0 Å². The Hall–Kier alpha value is -1.66. The minimum atomic E-state index is -3.65. The highest BCUT2D eigenvalue weighted by Crippen LogP contribution is 2.17. The molecule has 0 amide bonds. The molecule has 0 spiro atoms. The first kappa shape index (κ1) is 12.4. The molecule has 0 saturated carbocycles. The van der Waals surface area contributed by atoms with E-state index in [1.807, 2.05) is 0 Å². The summed E-state index contributed by atoms with van der Waals surface area (Å²) < 4.78 is 22.0. The van der Waals surface area contributed by atoms with E-state index in [0.29, 0.717) is 5.69 Å². The van der Waals surface area contributed by atoms with Gasteiger partial charge in [-0.25, -0.2) is 18.6 Å². The summed E-state index contributed by atoms with van der Waals surface area (Å²) >= 11 is 0. The summed E-state index contributed by atoms with van der Waals surface area (Å²) in [4.78, 5) is 0.0701. The fourth-order valence-corrected chi connectivity index (χ4v) is 1.65. The Morgan fingerprint density at radius 1 is 1.38 bits per heavy atom. The number of anilines is 1. The van der Waals surface area contributed by atoms with Gasteiger partial charge in [-0.2, -0.15) is 5.10 Å². The van der Waals surface area contributed by atoms with Gasteiger partial charge < -0.3 is 0 Å². The van der Waals surface area contributed by atoms with Gasteiger partial charge in [0.1, 0.15) is 0 Å². The van der Waals surface area contributed by atoms with Crippen LogP contribution in [0.5, 0.6) is 0 Å². The van der Waals surface area contributed by atoms with Gasteiger partial charge >= 0.3 is 0 Å². The van der Waals surface area contributed by atoms with Crippen molar-refractivity contribution in [2.24, 2.45) is 10.2 Å². The number of hydrogen-bond acceptors (Lipinski definition) is 4. The highest BCUT2D eigenvalue weighted by atomic mass is 32.2. The van der Waals surface area contributed by atoms with E-state index >= 15 is 0 Å². The molecule has 6 heteroatoms. The minimum Gasteiger partial charge on any atom is -0.242 e. The van der Waals surface area contributed by atoms with Gasteiger partial charge in [-0.05, 0) is 31.2 Å². The van der Waals surface area contributed by atoms with E-state index in [9.17, 15) is 8.42 Å². The van der Waals surface area contributed by atoms with E-state index in [0.717, 1.165) is 0 Å². The molecule has 0 aliphatic rings. The molecule has 5 nitrogen and oxygen atoms in total. The Labute approximate surface area is 94.9 Å². The lowest BCUT2D eigenvalue weighted by atomic mass is 10.3. The number of hydrogen-bond donors (Lipinski definition) is 1. The van der Waals surface area contributed by atoms with Gasteiger partial charge in [0.2, 0.25) is 10.0 Å². The van der Waals surface area contributed by atoms with Gasteiger partial charge in [0.25, 0.3) is 0 Å². The molecular weight excluding hydrogens is 226 g/mol. The predicted molar refractivity (Wildman–Crippen MR) is 64.7 cm³/mol. The van der Waals surface area contributed by atoms with Crippen LogP contribution in [0.2, 0.25) is 0 Å². The molecule has 16 heavy (non-hydrogen) atoms. The number of rotatable bonds is 4. The molecule has 0 saturated heterocycles. The molecule has 0 atom stereocenters. The summed E-state index contributed by atoms with van der Waals surface area (Å²) in [5.41, 5.74) is 0.709. The summed E-state index contributed by atoms with van der Waals surface area (Å²) in [7, 11) is -3.65. The van der Waals surface area contributed by atoms with Crippen LogP contribution in [0.15, 0.2) is 47.0 Å². The molecule has 0 heterocycles. The van der Waals surface area contributed by atoms with Gasteiger partial charge in [-0.1, -0.05) is 6.58 Å². The molecular formula is C10H13N3O2S. The third-order valence-electron chi connectivity index (χ3n) is 1.84. The zero-order valence-corrected chi connectivity index (χ0v) is 9.68. The Balaban J connectivity index is 3.07. The van der Waals surface area contributed by atoms with Crippen molar-refractivity contribution in [3.8, 4) is 0 Å². The van der Waals surface area contributed by atoms with E-state index in [2.05, 4.69) is 11.7 Å². The molecule has 1 rings (SSSR count). The van der Waals surface area contributed by atoms with Crippen LogP contribution in [0.4, 0.5) is 5.69 Å². The third-order valence-corrected chi connectivity index (χ3v) is 2.77. The van der Waals surface area contributed by atoms with E-state index in [4.69, 9.17) is 5.14 Å². The first-order valence-electron chi connectivity index (χ1n) is 4.52. The topological polar surface area (TPSA) is 75.8 Å². The lowest BCUT2D eigenvalue weighted by Gasteiger charge is -2.13. The van der Waals surface area contributed by atoms with Crippen molar-refractivity contribution in [1.29, 1.82) is 0 Å². The lowest BCUT2D eigenvalue weighted by Crippen LogP contribution is -2.12. The molecule has 0 aliphatic carbocycles. The summed E-state index contributed by atoms with van der Waals surface area (Å²) in [5, 5.41) is 10.5. The highest BCUT2D eigenvalue weighted by Gasteiger charge is 2.07. The summed E-state index contributed by atoms with van der Waals surface area (Å²) in [6, 6.07) is 6.06. The van der Waals surface area contributed by atoms with Crippen LogP contribution in [-0.2, 0) is 10.0 Å². The Morgan fingerprint density at radius 3 is 2.31 bits per heavy atom. The van der Waals surface area contributed by atoms with Crippen LogP contribution >= 0.6 is 0 Å². The quantitative estimate of drug-likeness (QED) is 0.635. The molecule has 0 bridgehead atoms. The second kappa shape index (κ2) is 4.91. The number of nitrogens with zero attached hydrogens (tertiary/aromatic N) is 2. The minimum absolute atomic E-state index is 0.0701. The average molecular weight is 239 g/mol. The maximum absolute atomic E-state index is 11.0. The smallest absolute Gasteiger partial charge is 0.238 e. The number of sulfonamides is 1. The zero-order valence-electron chi connectivity index (χ0n) is 8.87. The molecule has 0 aromatic heterocycles. The van der Waals surface area contributed by atoms with Gasteiger partial charge in [0.15, 0.2) is 0 Å². The van der Waals surface area contributed by atoms with Gasteiger partial charge in [0, 0.05) is 12.4 Å². The summed E-state index contributed by atoms with van der Waals surface area (Å²) in [6.45, 7) is 5.37. The average Bonchev–Trinajstić information content (AvgIpc) is 2.25. The van der Waals surface area contributed by atoms with Crippen LogP contribution in [0.1, 0.15) is 6.92 Å². The first-order valence-corrected chi connectivity index (χ1v) is 6.07. The zero-order chi connectivity index (χ0) is 12.2. The van der Waals surface area contributed by atoms with Gasteiger partial charge in [-0.15, -0.1) is 0 Å². The Bertz CT molecular complexity index is 491. The highest BCUT2D eigenvalue weighted by molar-refractivity contribution is 7.89. The maximum atomic E-state index is 11.0. The normalized spacial score (nSPS) is 11.6. The SMILES string of the molecule is C=CN(/N=C\C)c1ccc(S(N)(=O)=O)cc1. The Morgan fingerprint density at radius 2 is 1.94 bits per heavy atom. The van der Waals surface area contributed by atoms with Crippen molar-refractivity contribution < 1.29 is 8.42 Å². The largest absolute Gasteiger partial charge is 0.242 e. The van der Waals surface area contributed by atoms with Crippen molar-refractivity contribution in [1.82, 2.24) is 0 Å². The maximum Gasteiger partial charge on any atom is 0.238 e. The van der Waals surface area contributed by atoms with Crippen molar-refractivity contribution in [2.75, 3.05) is 5.01 Å². The van der Waals surface area contributed by atoms with E-state index in [1.54, 1.807) is 25.3 Å². The van der Waals surface area contributed by atoms with Crippen molar-refractivity contribution in [3.05, 3.63) is 37.0 Å². The first-order chi connectivity index (χ1) is 7.49. The molecule has 0 unspecified atom stereocenters. The van der Waals surface area contributed by atoms with Crippen molar-refractivity contribution in [2.45, 2.75) is 11.8 Å². The van der Waals surface area contributed by atoms with E-state index in [-0.39, 0.29) is 4.90 Å². The second-order valence-corrected chi connectivity index (χ2v) is 4.50. The number of nitrogens with two attached hydrogens (primary N) is 1. The van der Waals surface area contributed by atoms with E-state index in [1.165, 1.54) is 23.3 Å². The van der Waals surface area contributed by atoms with Crippen molar-refractivity contribution in [3.63, 3.8) is 0 Å². The molecule has 2 N–H and O–H groups in total.